The average molecular weight is 293 g/mol. The zero-order chi connectivity index (χ0) is 14.3. The summed E-state index contributed by atoms with van der Waals surface area (Å²) in [6.45, 7) is 5.30. The highest BCUT2D eigenvalue weighted by molar-refractivity contribution is 7.07. The summed E-state index contributed by atoms with van der Waals surface area (Å²) in [7, 11) is 2.17. The van der Waals surface area contributed by atoms with Crippen molar-refractivity contribution in [1.82, 2.24) is 15.1 Å². The standard InChI is InChI=1S/C15H23N3OS/c1-10-8-13(4-6-17(10)3)18-14(12-5-7-20-9-12)16-11(2)15(18)19/h5,7,9-11,13-14,16H,4,6,8H2,1-3H3. The quantitative estimate of drug-likeness (QED) is 0.906. The van der Waals surface area contributed by atoms with Crippen molar-refractivity contribution in [2.45, 2.75) is 51.0 Å². The summed E-state index contributed by atoms with van der Waals surface area (Å²) in [4.78, 5) is 17.0. The number of hydrogen-bond acceptors (Lipinski definition) is 4. The Morgan fingerprint density at radius 2 is 2.20 bits per heavy atom. The van der Waals surface area contributed by atoms with Gasteiger partial charge in [-0.2, -0.15) is 11.3 Å². The molecule has 5 heteroatoms. The van der Waals surface area contributed by atoms with E-state index in [0.717, 1.165) is 19.4 Å². The molecule has 20 heavy (non-hydrogen) atoms. The van der Waals surface area contributed by atoms with Crippen LogP contribution in [0, 0.1) is 0 Å². The first-order valence-corrected chi connectivity index (χ1v) is 8.32. The third kappa shape index (κ3) is 2.38. The van der Waals surface area contributed by atoms with Crippen molar-refractivity contribution in [2.24, 2.45) is 0 Å². The number of amides is 1. The molecule has 0 bridgehead atoms. The van der Waals surface area contributed by atoms with Gasteiger partial charge >= 0.3 is 0 Å². The van der Waals surface area contributed by atoms with Crippen molar-refractivity contribution in [3.63, 3.8) is 0 Å². The molecular formula is C15H23N3OS. The molecule has 1 N–H and O–H groups in total. The highest BCUT2D eigenvalue weighted by Crippen LogP contribution is 2.33. The largest absolute Gasteiger partial charge is 0.318 e. The minimum absolute atomic E-state index is 0.0596. The molecule has 3 heterocycles. The van der Waals surface area contributed by atoms with E-state index in [9.17, 15) is 4.79 Å². The van der Waals surface area contributed by atoms with Crippen LogP contribution in [0.4, 0.5) is 0 Å². The molecule has 0 aliphatic carbocycles. The van der Waals surface area contributed by atoms with Crippen molar-refractivity contribution in [2.75, 3.05) is 13.6 Å². The van der Waals surface area contributed by atoms with E-state index >= 15 is 0 Å². The summed E-state index contributed by atoms with van der Waals surface area (Å²) in [6, 6.07) is 2.95. The first-order chi connectivity index (χ1) is 9.58. The lowest BCUT2D eigenvalue weighted by molar-refractivity contribution is -0.133. The average Bonchev–Trinajstić information content (AvgIpc) is 3.03. The lowest BCUT2D eigenvalue weighted by atomic mass is 9.96. The van der Waals surface area contributed by atoms with Gasteiger partial charge in [-0.25, -0.2) is 0 Å². The number of rotatable bonds is 2. The summed E-state index contributed by atoms with van der Waals surface area (Å²) in [6.07, 6.45) is 2.20. The Balaban J connectivity index is 1.83. The van der Waals surface area contributed by atoms with Gasteiger partial charge in [0.1, 0.15) is 6.17 Å². The number of likely N-dealkylation sites (tertiary alicyclic amines) is 1. The van der Waals surface area contributed by atoms with Gasteiger partial charge in [-0.05, 0) is 56.1 Å². The van der Waals surface area contributed by atoms with Crippen molar-refractivity contribution in [3.8, 4) is 0 Å². The number of nitrogens with one attached hydrogen (secondary N) is 1. The molecule has 0 spiro atoms. The first-order valence-electron chi connectivity index (χ1n) is 7.38. The summed E-state index contributed by atoms with van der Waals surface area (Å²) >= 11 is 1.69. The normalized spacial score (nSPS) is 35.8. The van der Waals surface area contributed by atoms with Gasteiger partial charge in [-0.15, -0.1) is 0 Å². The van der Waals surface area contributed by atoms with Crippen LogP contribution in [0.15, 0.2) is 16.8 Å². The Hall–Kier alpha value is -0.910. The maximum absolute atomic E-state index is 12.6. The molecule has 1 aromatic rings. The second-order valence-corrected chi connectivity index (χ2v) is 6.88. The molecule has 0 saturated carbocycles. The zero-order valence-corrected chi connectivity index (χ0v) is 13.2. The van der Waals surface area contributed by atoms with Crippen LogP contribution in [0.25, 0.3) is 0 Å². The van der Waals surface area contributed by atoms with Crippen molar-refractivity contribution >= 4 is 17.2 Å². The van der Waals surface area contributed by atoms with Crippen LogP contribution < -0.4 is 5.32 Å². The van der Waals surface area contributed by atoms with Crippen molar-refractivity contribution in [3.05, 3.63) is 22.4 Å². The molecule has 2 saturated heterocycles. The number of nitrogens with zero attached hydrogens (tertiary/aromatic N) is 2. The Morgan fingerprint density at radius 3 is 2.85 bits per heavy atom. The SMILES string of the molecule is CC1NC(c2ccsc2)N(C2CCN(C)C(C)C2)C1=O. The predicted molar refractivity (Wildman–Crippen MR) is 81.6 cm³/mol. The van der Waals surface area contributed by atoms with E-state index in [1.807, 2.05) is 6.92 Å². The molecule has 2 fully saturated rings. The molecule has 4 nitrogen and oxygen atoms in total. The number of carbonyl (C=O) groups is 1. The van der Waals surface area contributed by atoms with Gasteiger partial charge in [0.05, 0.1) is 6.04 Å². The van der Waals surface area contributed by atoms with E-state index in [0.29, 0.717) is 12.1 Å². The van der Waals surface area contributed by atoms with Gasteiger partial charge in [0.25, 0.3) is 0 Å². The number of carbonyl (C=O) groups excluding carboxylic acids is 1. The molecule has 4 unspecified atom stereocenters. The van der Waals surface area contributed by atoms with Gasteiger partial charge in [0.15, 0.2) is 0 Å². The maximum Gasteiger partial charge on any atom is 0.241 e. The van der Waals surface area contributed by atoms with Crippen LogP contribution in [0.5, 0.6) is 0 Å². The molecule has 1 amide bonds. The van der Waals surface area contributed by atoms with Crippen molar-refractivity contribution in [1.29, 1.82) is 0 Å². The third-order valence-electron chi connectivity index (χ3n) is 4.74. The van der Waals surface area contributed by atoms with E-state index in [1.165, 1.54) is 5.56 Å². The summed E-state index contributed by atoms with van der Waals surface area (Å²) < 4.78 is 0. The predicted octanol–water partition coefficient (Wildman–Crippen LogP) is 2.05. The summed E-state index contributed by atoms with van der Waals surface area (Å²) in [5, 5.41) is 7.68. The lowest BCUT2D eigenvalue weighted by Gasteiger charge is -2.41. The Morgan fingerprint density at radius 1 is 1.40 bits per heavy atom. The highest BCUT2D eigenvalue weighted by Gasteiger charge is 2.42. The molecule has 0 radical (unpaired) electrons. The monoisotopic (exact) mass is 293 g/mol. The Bertz CT molecular complexity index is 475. The van der Waals surface area contributed by atoms with Crippen LogP contribution in [0.1, 0.15) is 38.4 Å². The van der Waals surface area contributed by atoms with Gasteiger partial charge in [-0.1, -0.05) is 0 Å². The van der Waals surface area contributed by atoms with Crippen molar-refractivity contribution < 1.29 is 4.79 Å². The van der Waals surface area contributed by atoms with E-state index in [2.05, 4.69) is 45.9 Å². The van der Waals surface area contributed by atoms with E-state index < -0.39 is 0 Å². The maximum atomic E-state index is 12.6. The minimum Gasteiger partial charge on any atom is -0.318 e. The van der Waals surface area contributed by atoms with Crippen LogP contribution in [0.2, 0.25) is 0 Å². The molecule has 4 atom stereocenters. The van der Waals surface area contributed by atoms with Crippen LogP contribution in [-0.4, -0.2) is 47.4 Å². The zero-order valence-electron chi connectivity index (χ0n) is 12.4. The highest BCUT2D eigenvalue weighted by atomic mass is 32.1. The second-order valence-electron chi connectivity index (χ2n) is 6.10. The molecule has 2 aliphatic rings. The smallest absolute Gasteiger partial charge is 0.241 e. The molecule has 110 valence electrons. The number of hydrogen-bond donors (Lipinski definition) is 1. The third-order valence-corrected chi connectivity index (χ3v) is 5.45. The van der Waals surface area contributed by atoms with Crippen LogP contribution in [-0.2, 0) is 4.79 Å². The Labute approximate surface area is 124 Å². The molecule has 3 rings (SSSR count). The second kappa shape index (κ2) is 5.47. The first kappa shape index (κ1) is 14.0. The van der Waals surface area contributed by atoms with Gasteiger partial charge in [-0.3, -0.25) is 10.1 Å². The fraction of sp³-hybridized carbons (Fsp3) is 0.667. The fourth-order valence-electron chi connectivity index (χ4n) is 3.33. The van der Waals surface area contributed by atoms with E-state index in [4.69, 9.17) is 0 Å². The topological polar surface area (TPSA) is 35.6 Å². The van der Waals surface area contributed by atoms with Gasteiger partial charge in [0, 0.05) is 18.6 Å². The number of thiophene rings is 1. The fourth-order valence-corrected chi connectivity index (χ4v) is 4.01. The van der Waals surface area contributed by atoms with Gasteiger partial charge < -0.3 is 9.80 Å². The molecule has 0 aromatic carbocycles. The molecule has 2 aliphatic heterocycles. The summed E-state index contributed by atoms with van der Waals surface area (Å²) in [5.41, 5.74) is 1.22. The molecule has 1 aromatic heterocycles. The molecular weight excluding hydrogens is 270 g/mol. The van der Waals surface area contributed by atoms with Gasteiger partial charge in [0.2, 0.25) is 5.91 Å². The number of piperidine rings is 1. The van der Waals surface area contributed by atoms with E-state index in [1.54, 1.807) is 11.3 Å². The summed E-state index contributed by atoms with van der Waals surface area (Å²) in [5.74, 6) is 0.253. The minimum atomic E-state index is -0.0742. The Kier molecular flexibility index (Phi) is 3.84. The van der Waals surface area contributed by atoms with E-state index in [-0.39, 0.29) is 18.1 Å². The van der Waals surface area contributed by atoms with Crippen LogP contribution >= 0.6 is 11.3 Å². The lowest BCUT2D eigenvalue weighted by Crippen LogP contribution is -2.49. The van der Waals surface area contributed by atoms with Crippen LogP contribution in [0.3, 0.4) is 0 Å².